The first-order chi connectivity index (χ1) is 8.35. The van der Waals surface area contributed by atoms with Gasteiger partial charge < -0.3 is 15.0 Å². The number of imidazole rings is 1. The van der Waals surface area contributed by atoms with Crippen LogP contribution in [0.5, 0.6) is 0 Å². The van der Waals surface area contributed by atoms with Gasteiger partial charge in [-0.2, -0.15) is 0 Å². The van der Waals surface area contributed by atoms with Crippen LogP contribution in [0.15, 0.2) is 42.9 Å². The normalized spacial score (nSPS) is 12.4. The Balaban J connectivity index is 2.17. The van der Waals surface area contributed by atoms with Gasteiger partial charge in [0.1, 0.15) is 0 Å². The lowest BCUT2D eigenvalue weighted by molar-refractivity contribution is 0.272. The van der Waals surface area contributed by atoms with E-state index in [0.29, 0.717) is 0 Å². The molecule has 1 unspecified atom stereocenters. The van der Waals surface area contributed by atoms with Crippen molar-refractivity contribution in [3.8, 4) is 0 Å². The Morgan fingerprint density at radius 1 is 1.35 bits per heavy atom. The number of aromatic nitrogens is 2. The van der Waals surface area contributed by atoms with Gasteiger partial charge in [-0.15, -0.1) is 0 Å². The van der Waals surface area contributed by atoms with Gasteiger partial charge >= 0.3 is 0 Å². The van der Waals surface area contributed by atoms with Crippen molar-refractivity contribution in [1.29, 1.82) is 0 Å². The Bertz CT molecular complexity index is 453. The van der Waals surface area contributed by atoms with Crippen LogP contribution in [0.4, 0.5) is 5.69 Å². The molecule has 1 aromatic heterocycles. The largest absolute Gasteiger partial charge is 0.394 e. The zero-order valence-electron chi connectivity index (χ0n) is 9.87. The number of aliphatic hydroxyl groups excluding tert-OH is 1. The van der Waals surface area contributed by atoms with E-state index in [4.69, 9.17) is 0 Å². The van der Waals surface area contributed by atoms with E-state index in [-0.39, 0.29) is 12.6 Å². The van der Waals surface area contributed by atoms with Crippen molar-refractivity contribution < 1.29 is 5.11 Å². The first-order valence-electron chi connectivity index (χ1n) is 5.77. The van der Waals surface area contributed by atoms with Crippen LogP contribution in [0.25, 0.3) is 0 Å². The van der Waals surface area contributed by atoms with Crippen molar-refractivity contribution in [3.63, 3.8) is 0 Å². The average molecular weight is 231 g/mol. The molecule has 0 fully saturated rings. The van der Waals surface area contributed by atoms with Crippen LogP contribution in [0.1, 0.15) is 18.7 Å². The fourth-order valence-electron chi connectivity index (χ4n) is 1.83. The summed E-state index contributed by atoms with van der Waals surface area (Å²) in [5.74, 6) is 0. The standard InChI is InChI=1S/C13H17N3O/c1-2-16-10-14-8-13(16)12(9-17)15-11-6-4-3-5-7-11/h3-8,10,12,15,17H,2,9H2,1H3. The van der Waals surface area contributed by atoms with Crippen molar-refractivity contribution in [2.75, 3.05) is 11.9 Å². The maximum atomic E-state index is 9.48. The zero-order valence-corrected chi connectivity index (χ0v) is 9.87. The van der Waals surface area contributed by atoms with E-state index in [1.807, 2.05) is 34.9 Å². The summed E-state index contributed by atoms with van der Waals surface area (Å²) < 4.78 is 2.02. The monoisotopic (exact) mass is 231 g/mol. The quantitative estimate of drug-likeness (QED) is 0.828. The summed E-state index contributed by atoms with van der Waals surface area (Å²) in [5.41, 5.74) is 1.99. The minimum Gasteiger partial charge on any atom is -0.394 e. The van der Waals surface area contributed by atoms with Gasteiger partial charge in [0, 0.05) is 12.2 Å². The fourth-order valence-corrected chi connectivity index (χ4v) is 1.83. The van der Waals surface area contributed by atoms with Crippen molar-refractivity contribution in [3.05, 3.63) is 48.5 Å². The van der Waals surface area contributed by atoms with Gasteiger partial charge in [-0.05, 0) is 19.1 Å². The molecule has 2 aromatic rings. The molecule has 1 heterocycles. The number of aryl methyl sites for hydroxylation is 1. The average Bonchev–Trinajstić information content (AvgIpc) is 2.85. The van der Waals surface area contributed by atoms with Gasteiger partial charge in [0.15, 0.2) is 0 Å². The highest BCUT2D eigenvalue weighted by Crippen LogP contribution is 2.18. The molecule has 90 valence electrons. The smallest absolute Gasteiger partial charge is 0.0948 e. The van der Waals surface area contributed by atoms with E-state index in [9.17, 15) is 5.11 Å². The third kappa shape index (κ3) is 2.65. The van der Waals surface area contributed by atoms with E-state index in [1.165, 1.54) is 0 Å². The summed E-state index contributed by atoms with van der Waals surface area (Å²) in [5, 5.41) is 12.8. The van der Waals surface area contributed by atoms with Crippen molar-refractivity contribution in [1.82, 2.24) is 9.55 Å². The molecule has 1 aromatic carbocycles. The Morgan fingerprint density at radius 2 is 2.12 bits per heavy atom. The molecule has 0 aliphatic carbocycles. The molecule has 0 radical (unpaired) electrons. The molecule has 1 atom stereocenters. The van der Waals surface area contributed by atoms with Gasteiger partial charge in [0.2, 0.25) is 0 Å². The minimum absolute atomic E-state index is 0.0422. The molecular formula is C13H17N3O. The Kier molecular flexibility index (Phi) is 3.77. The number of nitrogens with zero attached hydrogens (tertiary/aromatic N) is 2. The van der Waals surface area contributed by atoms with Crippen LogP contribution in [0, 0.1) is 0 Å². The van der Waals surface area contributed by atoms with Crippen molar-refractivity contribution in [2.24, 2.45) is 0 Å². The highest BCUT2D eigenvalue weighted by molar-refractivity contribution is 5.44. The molecule has 0 amide bonds. The predicted octanol–water partition coefficient (Wildman–Crippen LogP) is 2.05. The number of para-hydroxylation sites is 1. The number of hydrogen-bond donors (Lipinski definition) is 2. The molecular weight excluding hydrogens is 214 g/mol. The maximum absolute atomic E-state index is 9.48. The number of nitrogens with one attached hydrogen (secondary N) is 1. The number of rotatable bonds is 5. The number of hydrogen-bond acceptors (Lipinski definition) is 3. The first-order valence-corrected chi connectivity index (χ1v) is 5.77. The van der Waals surface area contributed by atoms with E-state index in [0.717, 1.165) is 17.9 Å². The topological polar surface area (TPSA) is 50.1 Å². The summed E-state index contributed by atoms with van der Waals surface area (Å²) >= 11 is 0. The molecule has 0 aliphatic heterocycles. The predicted molar refractivity (Wildman–Crippen MR) is 67.8 cm³/mol. The Morgan fingerprint density at radius 3 is 2.76 bits per heavy atom. The number of aliphatic hydroxyl groups is 1. The second kappa shape index (κ2) is 5.50. The van der Waals surface area contributed by atoms with E-state index in [2.05, 4.69) is 17.2 Å². The van der Waals surface area contributed by atoms with Crippen LogP contribution >= 0.6 is 0 Å². The third-order valence-electron chi connectivity index (χ3n) is 2.74. The Labute approximate surface area is 101 Å². The van der Waals surface area contributed by atoms with Crippen LogP contribution < -0.4 is 5.32 Å². The van der Waals surface area contributed by atoms with Gasteiger partial charge in [-0.1, -0.05) is 18.2 Å². The minimum atomic E-state index is -0.125. The zero-order chi connectivity index (χ0) is 12.1. The first kappa shape index (κ1) is 11.7. The van der Waals surface area contributed by atoms with Gasteiger partial charge in [0.25, 0.3) is 0 Å². The fraction of sp³-hybridized carbons (Fsp3) is 0.308. The van der Waals surface area contributed by atoms with Gasteiger partial charge in [0.05, 0.1) is 30.9 Å². The SMILES string of the molecule is CCn1cncc1C(CO)Nc1ccccc1. The molecule has 4 heteroatoms. The molecule has 2 rings (SSSR count). The number of benzene rings is 1. The van der Waals surface area contributed by atoms with Crippen LogP contribution in [-0.4, -0.2) is 21.3 Å². The van der Waals surface area contributed by atoms with Crippen molar-refractivity contribution >= 4 is 5.69 Å². The number of anilines is 1. The molecule has 0 saturated carbocycles. The molecule has 0 aliphatic rings. The van der Waals surface area contributed by atoms with Crippen LogP contribution in [0.2, 0.25) is 0 Å². The highest BCUT2D eigenvalue weighted by Gasteiger charge is 2.14. The lowest BCUT2D eigenvalue weighted by Crippen LogP contribution is -2.18. The van der Waals surface area contributed by atoms with Gasteiger partial charge in [-0.25, -0.2) is 4.98 Å². The second-order valence-corrected chi connectivity index (χ2v) is 3.85. The maximum Gasteiger partial charge on any atom is 0.0948 e. The lowest BCUT2D eigenvalue weighted by atomic mass is 10.2. The van der Waals surface area contributed by atoms with E-state index >= 15 is 0 Å². The van der Waals surface area contributed by atoms with Crippen molar-refractivity contribution in [2.45, 2.75) is 19.5 Å². The summed E-state index contributed by atoms with van der Waals surface area (Å²) in [6.45, 7) is 2.95. The van der Waals surface area contributed by atoms with E-state index < -0.39 is 0 Å². The summed E-state index contributed by atoms with van der Waals surface area (Å²) in [6, 6.07) is 9.74. The highest BCUT2D eigenvalue weighted by atomic mass is 16.3. The summed E-state index contributed by atoms with van der Waals surface area (Å²) in [7, 11) is 0. The summed E-state index contributed by atoms with van der Waals surface area (Å²) in [6.07, 6.45) is 3.57. The molecule has 2 N–H and O–H groups in total. The lowest BCUT2D eigenvalue weighted by Gasteiger charge is -2.18. The molecule has 17 heavy (non-hydrogen) atoms. The molecule has 0 bridgehead atoms. The molecule has 0 saturated heterocycles. The molecule has 0 spiro atoms. The third-order valence-corrected chi connectivity index (χ3v) is 2.74. The second-order valence-electron chi connectivity index (χ2n) is 3.85. The van der Waals surface area contributed by atoms with Gasteiger partial charge in [-0.3, -0.25) is 0 Å². The Hall–Kier alpha value is -1.81. The van der Waals surface area contributed by atoms with Crippen LogP contribution in [0.3, 0.4) is 0 Å². The molecule has 4 nitrogen and oxygen atoms in total. The summed E-state index contributed by atoms with van der Waals surface area (Å²) in [4.78, 5) is 4.12. The van der Waals surface area contributed by atoms with Crippen LogP contribution in [-0.2, 0) is 6.54 Å². The van der Waals surface area contributed by atoms with E-state index in [1.54, 1.807) is 12.5 Å².